The third kappa shape index (κ3) is 2.33. The highest BCUT2D eigenvalue weighted by molar-refractivity contribution is 5.66. The smallest absolute Gasteiger partial charge is 0.358 e. The maximum atomic E-state index is 10.7. The Labute approximate surface area is 116 Å². The van der Waals surface area contributed by atoms with Crippen LogP contribution in [0.25, 0.3) is 0 Å². The summed E-state index contributed by atoms with van der Waals surface area (Å²) in [6.45, 7) is 2.48. The van der Waals surface area contributed by atoms with Crippen molar-refractivity contribution in [3.63, 3.8) is 0 Å². The Hall–Kier alpha value is -2.47. The molecule has 0 spiro atoms. The Bertz CT molecular complexity index is 627. The average molecular weight is 270 g/mol. The molecule has 0 atom stereocenters. The van der Waals surface area contributed by atoms with Gasteiger partial charge in [0.2, 0.25) is 0 Å². The maximum Gasteiger partial charge on any atom is 0.363 e. The molecule has 0 bridgehead atoms. The zero-order valence-corrected chi connectivity index (χ0v) is 10.8. The van der Waals surface area contributed by atoms with E-state index in [9.17, 15) is 10.1 Å². The monoisotopic (exact) mass is 270 g/mol. The van der Waals surface area contributed by atoms with E-state index in [1.807, 2.05) is 12.1 Å². The molecule has 0 aliphatic carbocycles. The van der Waals surface area contributed by atoms with Gasteiger partial charge in [0.1, 0.15) is 0 Å². The Morgan fingerprint density at radius 3 is 2.85 bits per heavy atom. The molecule has 0 saturated carbocycles. The molecule has 0 amide bonds. The van der Waals surface area contributed by atoms with Crippen LogP contribution in [0.4, 0.5) is 17.2 Å². The lowest BCUT2D eigenvalue weighted by Gasteiger charge is -2.23. The molecule has 0 unspecified atom stereocenters. The molecule has 1 aromatic carbocycles. The van der Waals surface area contributed by atoms with E-state index < -0.39 is 4.92 Å². The summed E-state index contributed by atoms with van der Waals surface area (Å²) < 4.78 is 0. The van der Waals surface area contributed by atoms with Crippen molar-refractivity contribution in [2.45, 2.75) is 6.54 Å². The molecule has 1 N–H and O–H groups in total. The Balaban J connectivity index is 1.98. The SMILES string of the molecule is O=[N+]([O-])c1ccc(N2CCNCc3ccccc32)cn1. The zero-order chi connectivity index (χ0) is 13.9. The summed E-state index contributed by atoms with van der Waals surface area (Å²) in [6, 6.07) is 11.3. The lowest BCUT2D eigenvalue weighted by molar-refractivity contribution is -0.389. The van der Waals surface area contributed by atoms with E-state index in [2.05, 4.69) is 27.3 Å². The minimum absolute atomic E-state index is 0.130. The standard InChI is InChI=1S/C14H14N4O2/c19-18(20)14-6-5-12(10-16-14)17-8-7-15-9-11-3-1-2-4-13(11)17/h1-6,10,15H,7-9H2. The van der Waals surface area contributed by atoms with Crippen LogP contribution in [0, 0.1) is 10.1 Å². The minimum atomic E-state index is -0.484. The van der Waals surface area contributed by atoms with E-state index in [0.717, 1.165) is 31.0 Å². The van der Waals surface area contributed by atoms with E-state index in [4.69, 9.17) is 0 Å². The molecule has 2 aromatic rings. The van der Waals surface area contributed by atoms with Gasteiger partial charge in [0.25, 0.3) is 0 Å². The number of anilines is 2. The number of nitrogens with zero attached hydrogens (tertiary/aromatic N) is 3. The van der Waals surface area contributed by atoms with Crippen molar-refractivity contribution in [1.29, 1.82) is 0 Å². The summed E-state index contributed by atoms with van der Waals surface area (Å²) in [5.41, 5.74) is 3.20. The molecule has 1 aliphatic rings. The molecule has 102 valence electrons. The molecule has 0 radical (unpaired) electrons. The van der Waals surface area contributed by atoms with Crippen LogP contribution >= 0.6 is 0 Å². The fourth-order valence-electron chi connectivity index (χ4n) is 2.37. The number of benzene rings is 1. The van der Waals surface area contributed by atoms with Crippen LogP contribution < -0.4 is 10.2 Å². The van der Waals surface area contributed by atoms with E-state index in [0.29, 0.717) is 0 Å². The fraction of sp³-hybridized carbons (Fsp3) is 0.214. The largest absolute Gasteiger partial charge is 0.363 e. The highest BCUT2D eigenvalue weighted by Crippen LogP contribution is 2.29. The summed E-state index contributed by atoms with van der Waals surface area (Å²) in [6.07, 6.45) is 1.56. The second-order valence-corrected chi connectivity index (χ2v) is 4.59. The van der Waals surface area contributed by atoms with Crippen LogP contribution in [0.1, 0.15) is 5.56 Å². The van der Waals surface area contributed by atoms with Gasteiger partial charge in [-0.3, -0.25) is 0 Å². The summed E-state index contributed by atoms with van der Waals surface area (Å²) >= 11 is 0. The number of nitrogens with one attached hydrogen (secondary N) is 1. The lowest BCUT2D eigenvalue weighted by Crippen LogP contribution is -2.24. The molecule has 3 rings (SSSR count). The molecule has 1 aromatic heterocycles. The van der Waals surface area contributed by atoms with Gasteiger partial charge in [-0.25, -0.2) is 0 Å². The van der Waals surface area contributed by atoms with Gasteiger partial charge in [-0.1, -0.05) is 18.2 Å². The highest BCUT2D eigenvalue weighted by atomic mass is 16.6. The van der Waals surface area contributed by atoms with Gasteiger partial charge in [0.15, 0.2) is 6.20 Å². The number of rotatable bonds is 2. The van der Waals surface area contributed by atoms with Crippen molar-refractivity contribution in [2.24, 2.45) is 0 Å². The number of para-hydroxylation sites is 1. The molecular formula is C14H14N4O2. The predicted octanol–water partition coefficient (Wildman–Crippen LogP) is 2.23. The first-order chi connectivity index (χ1) is 9.75. The van der Waals surface area contributed by atoms with Gasteiger partial charge in [0, 0.05) is 31.4 Å². The normalized spacial score (nSPS) is 14.5. The zero-order valence-electron chi connectivity index (χ0n) is 10.8. The number of nitro groups is 1. The first-order valence-electron chi connectivity index (χ1n) is 6.42. The third-order valence-electron chi connectivity index (χ3n) is 3.34. The van der Waals surface area contributed by atoms with Gasteiger partial charge >= 0.3 is 5.82 Å². The summed E-state index contributed by atoms with van der Waals surface area (Å²) in [5, 5.41) is 14.0. The van der Waals surface area contributed by atoms with E-state index in [1.54, 1.807) is 12.3 Å². The van der Waals surface area contributed by atoms with Crippen molar-refractivity contribution in [2.75, 3.05) is 18.0 Å². The molecule has 1 aliphatic heterocycles. The fourth-order valence-corrected chi connectivity index (χ4v) is 2.37. The molecule has 2 heterocycles. The van der Waals surface area contributed by atoms with E-state index in [1.165, 1.54) is 11.6 Å². The first-order valence-corrected chi connectivity index (χ1v) is 6.42. The lowest BCUT2D eigenvalue weighted by atomic mass is 10.1. The van der Waals surface area contributed by atoms with Crippen molar-refractivity contribution in [1.82, 2.24) is 10.3 Å². The number of aromatic nitrogens is 1. The number of hydrogen-bond donors (Lipinski definition) is 1. The van der Waals surface area contributed by atoms with Crippen molar-refractivity contribution < 1.29 is 4.92 Å². The van der Waals surface area contributed by atoms with Crippen LogP contribution in [0.15, 0.2) is 42.6 Å². The van der Waals surface area contributed by atoms with E-state index >= 15 is 0 Å². The number of pyridine rings is 1. The quantitative estimate of drug-likeness (QED) is 0.669. The van der Waals surface area contributed by atoms with Crippen LogP contribution in [-0.4, -0.2) is 23.0 Å². The van der Waals surface area contributed by atoms with Crippen molar-refractivity contribution >= 4 is 17.2 Å². The Morgan fingerprint density at radius 1 is 1.25 bits per heavy atom. The van der Waals surface area contributed by atoms with Crippen LogP contribution in [0.5, 0.6) is 0 Å². The topological polar surface area (TPSA) is 71.3 Å². The second kappa shape index (κ2) is 5.26. The molecule has 0 fully saturated rings. The highest BCUT2D eigenvalue weighted by Gasteiger charge is 2.18. The molecule has 0 saturated heterocycles. The molecular weight excluding hydrogens is 256 g/mol. The second-order valence-electron chi connectivity index (χ2n) is 4.59. The number of hydrogen-bond acceptors (Lipinski definition) is 5. The van der Waals surface area contributed by atoms with Gasteiger partial charge in [-0.2, -0.15) is 0 Å². The van der Waals surface area contributed by atoms with Crippen LogP contribution in [0.2, 0.25) is 0 Å². The molecule has 6 nitrogen and oxygen atoms in total. The molecule has 20 heavy (non-hydrogen) atoms. The van der Waals surface area contributed by atoms with Crippen LogP contribution in [-0.2, 0) is 6.54 Å². The summed E-state index contributed by atoms with van der Waals surface area (Å²) in [5.74, 6) is -0.130. The summed E-state index contributed by atoms with van der Waals surface area (Å²) in [4.78, 5) is 16.2. The number of fused-ring (bicyclic) bond motifs is 1. The summed E-state index contributed by atoms with van der Waals surface area (Å²) in [7, 11) is 0. The van der Waals surface area contributed by atoms with E-state index in [-0.39, 0.29) is 5.82 Å². The Kier molecular flexibility index (Phi) is 3.30. The first kappa shape index (κ1) is 12.6. The maximum absolute atomic E-state index is 10.7. The third-order valence-corrected chi connectivity index (χ3v) is 3.34. The van der Waals surface area contributed by atoms with Gasteiger partial charge in [-0.15, -0.1) is 0 Å². The van der Waals surface area contributed by atoms with Gasteiger partial charge < -0.3 is 20.3 Å². The average Bonchev–Trinajstić information content (AvgIpc) is 2.69. The molecule has 6 heteroatoms. The predicted molar refractivity (Wildman–Crippen MR) is 76.0 cm³/mol. The van der Waals surface area contributed by atoms with Crippen molar-refractivity contribution in [3.8, 4) is 0 Å². The van der Waals surface area contributed by atoms with Crippen molar-refractivity contribution in [3.05, 3.63) is 58.3 Å². The van der Waals surface area contributed by atoms with Gasteiger partial charge in [0.05, 0.1) is 5.69 Å². The van der Waals surface area contributed by atoms with Gasteiger partial charge in [-0.05, 0) is 27.6 Å². The Morgan fingerprint density at radius 2 is 2.10 bits per heavy atom. The minimum Gasteiger partial charge on any atom is -0.358 e. The van der Waals surface area contributed by atoms with Crippen LogP contribution in [0.3, 0.4) is 0 Å².